The zero-order valence-electron chi connectivity index (χ0n) is 18.1. The van der Waals surface area contributed by atoms with Gasteiger partial charge >= 0.3 is 6.18 Å². The van der Waals surface area contributed by atoms with Gasteiger partial charge in [-0.2, -0.15) is 13.2 Å². The molecule has 0 amide bonds. The van der Waals surface area contributed by atoms with Crippen molar-refractivity contribution >= 4 is 34.1 Å². The Kier molecular flexibility index (Phi) is 6.01. The molecule has 0 aliphatic carbocycles. The molecular weight excluding hydrogens is 425 g/mol. The van der Waals surface area contributed by atoms with Crippen LogP contribution in [0.5, 0.6) is 0 Å². The molecule has 0 fully saturated rings. The molecule has 3 aromatic carbocycles. The number of carbonyl (C=O) groups excluding carboxylic acids is 1. The van der Waals surface area contributed by atoms with Crippen LogP contribution >= 0.6 is 0 Å². The fourth-order valence-corrected chi connectivity index (χ4v) is 3.52. The molecule has 6 heteroatoms. The van der Waals surface area contributed by atoms with Gasteiger partial charge in [-0.15, -0.1) is 0 Å². The van der Waals surface area contributed by atoms with Crippen molar-refractivity contribution in [3.63, 3.8) is 0 Å². The number of aromatic nitrogens is 1. The van der Waals surface area contributed by atoms with Gasteiger partial charge in [0.1, 0.15) is 0 Å². The molecule has 1 N–H and O–H groups in total. The molecule has 0 unspecified atom stereocenters. The van der Waals surface area contributed by atoms with E-state index in [1.54, 1.807) is 18.3 Å². The first-order chi connectivity index (χ1) is 15.7. The second-order valence-electron chi connectivity index (χ2n) is 7.83. The Morgan fingerprint density at radius 3 is 2.39 bits per heavy atom. The normalized spacial score (nSPS) is 11.8. The predicted molar refractivity (Wildman–Crippen MR) is 126 cm³/mol. The zero-order chi connectivity index (χ0) is 23.6. The smallest absolute Gasteiger partial charge is 0.354 e. The van der Waals surface area contributed by atoms with Gasteiger partial charge in [-0.3, -0.25) is 9.78 Å². The SMILES string of the molecule is CC(=O)/C=C/c1cnc2ccc(-c3ccc(C)cc3)cc2c1Nc1cccc(C(F)(F)F)c1. The van der Waals surface area contributed by atoms with E-state index >= 15 is 0 Å². The number of aryl methyl sites for hydroxylation is 1. The molecule has 0 saturated heterocycles. The average molecular weight is 446 g/mol. The summed E-state index contributed by atoms with van der Waals surface area (Å²) < 4.78 is 39.7. The van der Waals surface area contributed by atoms with E-state index in [1.807, 2.05) is 49.4 Å². The Morgan fingerprint density at radius 1 is 0.970 bits per heavy atom. The third kappa shape index (κ3) is 5.12. The first kappa shape index (κ1) is 22.3. The van der Waals surface area contributed by atoms with Gasteiger partial charge in [0.15, 0.2) is 5.78 Å². The number of nitrogens with one attached hydrogen (secondary N) is 1. The molecule has 3 nitrogen and oxygen atoms in total. The lowest BCUT2D eigenvalue weighted by Gasteiger charge is -2.15. The number of pyridine rings is 1. The number of benzene rings is 3. The highest BCUT2D eigenvalue weighted by atomic mass is 19.4. The lowest BCUT2D eigenvalue weighted by molar-refractivity contribution is -0.137. The third-order valence-electron chi connectivity index (χ3n) is 5.24. The number of nitrogens with zero attached hydrogens (tertiary/aromatic N) is 1. The molecule has 0 aliphatic rings. The molecule has 0 radical (unpaired) electrons. The highest BCUT2D eigenvalue weighted by molar-refractivity contribution is 6.01. The number of rotatable bonds is 5. The number of hydrogen-bond donors (Lipinski definition) is 1. The summed E-state index contributed by atoms with van der Waals surface area (Å²) in [5.41, 5.74) is 4.50. The Bertz CT molecular complexity index is 1360. The first-order valence-corrected chi connectivity index (χ1v) is 10.3. The van der Waals surface area contributed by atoms with E-state index < -0.39 is 11.7 Å². The number of carbonyl (C=O) groups is 1. The molecule has 4 aromatic rings. The minimum atomic E-state index is -4.45. The van der Waals surface area contributed by atoms with Gasteiger partial charge in [0.05, 0.1) is 16.8 Å². The van der Waals surface area contributed by atoms with Crippen molar-refractivity contribution in [2.24, 2.45) is 0 Å². The summed E-state index contributed by atoms with van der Waals surface area (Å²) in [6, 6.07) is 18.9. The van der Waals surface area contributed by atoms with E-state index in [2.05, 4.69) is 10.3 Å². The number of fused-ring (bicyclic) bond motifs is 1. The van der Waals surface area contributed by atoms with Crippen LogP contribution in [0, 0.1) is 6.92 Å². The summed E-state index contributed by atoms with van der Waals surface area (Å²) in [7, 11) is 0. The second kappa shape index (κ2) is 8.90. The van der Waals surface area contributed by atoms with Gasteiger partial charge in [0, 0.05) is 22.8 Å². The fourth-order valence-electron chi connectivity index (χ4n) is 3.52. The highest BCUT2D eigenvalue weighted by Gasteiger charge is 2.30. The number of ketones is 1. The molecule has 0 atom stereocenters. The Labute approximate surface area is 189 Å². The van der Waals surface area contributed by atoms with E-state index in [9.17, 15) is 18.0 Å². The molecule has 4 rings (SSSR count). The lowest BCUT2D eigenvalue weighted by atomic mass is 10.00. The van der Waals surface area contributed by atoms with E-state index in [4.69, 9.17) is 0 Å². The van der Waals surface area contributed by atoms with Gasteiger partial charge in [-0.25, -0.2) is 0 Å². The molecular formula is C27H21F3N2O. The maximum Gasteiger partial charge on any atom is 0.416 e. The molecule has 0 spiro atoms. The van der Waals surface area contributed by atoms with Crippen molar-refractivity contribution in [1.82, 2.24) is 4.98 Å². The molecule has 0 saturated carbocycles. The largest absolute Gasteiger partial charge is 0.416 e. The van der Waals surface area contributed by atoms with E-state index in [1.165, 1.54) is 19.1 Å². The zero-order valence-corrected chi connectivity index (χ0v) is 18.1. The Hall–Kier alpha value is -3.93. The van der Waals surface area contributed by atoms with Crippen LogP contribution in [-0.2, 0) is 11.0 Å². The number of halogens is 3. The summed E-state index contributed by atoms with van der Waals surface area (Å²) in [4.78, 5) is 16.0. The van der Waals surface area contributed by atoms with Gasteiger partial charge in [0.2, 0.25) is 0 Å². The summed E-state index contributed by atoms with van der Waals surface area (Å²) in [5, 5.41) is 3.87. The summed E-state index contributed by atoms with van der Waals surface area (Å²) >= 11 is 0. The van der Waals surface area contributed by atoms with E-state index in [0.717, 1.165) is 34.2 Å². The van der Waals surface area contributed by atoms with Gasteiger partial charge < -0.3 is 5.32 Å². The van der Waals surface area contributed by atoms with Crippen LogP contribution in [0.2, 0.25) is 0 Å². The number of allylic oxidation sites excluding steroid dienone is 1. The maximum atomic E-state index is 13.2. The Morgan fingerprint density at radius 2 is 1.70 bits per heavy atom. The second-order valence-corrected chi connectivity index (χ2v) is 7.83. The lowest BCUT2D eigenvalue weighted by Crippen LogP contribution is -2.05. The van der Waals surface area contributed by atoms with Crippen molar-refractivity contribution in [2.75, 3.05) is 5.32 Å². The summed E-state index contributed by atoms with van der Waals surface area (Å²) in [5.74, 6) is -0.145. The Balaban J connectivity index is 1.88. The van der Waals surface area contributed by atoms with E-state index in [0.29, 0.717) is 16.8 Å². The molecule has 1 heterocycles. The topological polar surface area (TPSA) is 42.0 Å². The van der Waals surface area contributed by atoms with Crippen LogP contribution in [0.25, 0.3) is 28.1 Å². The van der Waals surface area contributed by atoms with Crippen LogP contribution in [0.4, 0.5) is 24.5 Å². The maximum absolute atomic E-state index is 13.2. The minimum Gasteiger partial charge on any atom is -0.354 e. The van der Waals surface area contributed by atoms with E-state index in [-0.39, 0.29) is 11.5 Å². The molecule has 166 valence electrons. The fraction of sp³-hybridized carbons (Fsp3) is 0.111. The van der Waals surface area contributed by atoms with Crippen molar-refractivity contribution in [3.05, 3.63) is 95.7 Å². The predicted octanol–water partition coefficient (Wildman–Crippen LogP) is 7.57. The number of anilines is 2. The summed E-state index contributed by atoms with van der Waals surface area (Å²) in [6.07, 6.45) is 0.171. The first-order valence-electron chi connectivity index (χ1n) is 10.3. The van der Waals surface area contributed by atoms with Crippen LogP contribution in [0.3, 0.4) is 0 Å². The van der Waals surface area contributed by atoms with Gasteiger partial charge in [-0.1, -0.05) is 42.0 Å². The van der Waals surface area contributed by atoms with Crippen LogP contribution in [0.15, 0.2) is 79.0 Å². The average Bonchev–Trinajstić information content (AvgIpc) is 2.78. The van der Waals surface area contributed by atoms with Gasteiger partial charge in [0.25, 0.3) is 0 Å². The van der Waals surface area contributed by atoms with Crippen molar-refractivity contribution in [3.8, 4) is 11.1 Å². The minimum absolute atomic E-state index is 0.145. The molecule has 33 heavy (non-hydrogen) atoms. The molecule has 0 aliphatic heterocycles. The van der Waals surface area contributed by atoms with Crippen molar-refractivity contribution < 1.29 is 18.0 Å². The summed E-state index contributed by atoms with van der Waals surface area (Å²) in [6.45, 7) is 3.44. The van der Waals surface area contributed by atoms with Crippen molar-refractivity contribution in [2.45, 2.75) is 20.0 Å². The van der Waals surface area contributed by atoms with Crippen molar-refractivity contribution in [1.29, 1.82) is 0 Å². The number of alkyl halides is 3. The quantitative estimate of drug-likeness (QED) is 0.321. The van der Waals surface area contributed by atoms with Crippen LogP contribution in [-0.4, -0.2) is 10.8 Å². The highest BCUT2D eigenvalue weighted by Crippen LogP contribution is 2.35. The number of hydrogen-bond acceptors (Lipinski definition) is 3. The van der Waals surface area contributed by atoms with Crippen LogP contribution < -0.4 is 5.32 Å². The monoisotopic (exact) mass is 446 g/mol. The van der Waals surface area contributed by atoms with Gasteiger partial charge in [-0.05, 0) is 67.5 Å². The standard InChI is InChI=1S/C27H21F3N2O/c1-17-6-9-19(10-7-17)20-12-13-25-24(14-20)26(21(16-31-25)11-8-18(2)33)32-23-5-3-4-22(15-23)27(28,29)30/h3-16H,1-2H3,(H,31,32)/b11-8+. The third-order valence-corrected chi connectivity index (χ3v) is 5.24. The van der Waals surface area contributed by atoms with Crippen LogP contribution in [0.1, 0.15) is 23.6 Å². The molecule has 0 bridgehead atoms. The molecule has 1 aromatic heterocycles.